The fourth-order valence-corrected chi connectivity index (χ4v) is 9.15. The number of ether oxygens (including phenoxy) is 1. The van der Waals surface area contributed by atoms with E-state index in [2.05, 4.69) is 119 Å². The fraction of sp³-hybridized carbons (Fsp3) is 0.657. The highest BCUT2D eigenvalue weighted by atomic mass is 79.9. The first-order chi connectivity index (χ1) is 18.6. The number of halogens is 1. The highest BCUT2D eigenvalue weighted by Crippen LogP contribution is 2.62. The number of aryl methyl sites for hydroxylation is 1. The van der Waals surface area contributed by atoms with Crippen molar-refractivity contribution in [1.29, 1.82) is 0 Å². The highest BCUT2D eigenvalue weighted by molar-refractivity contribution is 9.10. The van der Waals surface area contributed by atoms with Gasteiger partial charge in [0.1, 0.15) is 0 Å². The monoisotopic (exact) mass is 628 g/mol. The van der Waals surface area contributed by atoms with Crippen molar-refractivity contribution in [3.63, 3.8) is 0 Å². The molecule has 2 aromatic rings. The van der Waals surface area contributed by atoms with Crippen LogP contribution in [-0.4, -0.2) is 32.2 Å². The van der Waals surface area contributed by atoms with E-state index < -0.39 is 8.32 Å². The molecule has 7 atom stereocenters. The van der Waals surface area contributed by atoms with E-state index in [1.54, 1.807) is 0 Å². The van der Waals surface area contributed by atoms with Crippen molar-refractivity contribution in [2.75, 3.05) is 6.61 Å². The SMILES string of the molecule is C[C@H](O)C[C@H](C)OC(c1ccccc1)C1CC[C@]2(C)c3ccc(Br)cc3CCC2[C@]1(C)CO[Si](C)(C)C(C)(C)C. The molecule has 4 rings (SSSR count). The van der Waals surface area contributed by atoms with Gasteiger partial charge in [0.05, 0.1) is 18.3 Å². The standard InChI is InChI=1S/C35H53BrO3Si/c1-24(37)21-25(2)39-32(26-13-11-10-12-14-26)30-19-20-34(6)29-17-16-28(36)22-27(29)15-18-31(34)35(30,7)23-38-40(8,9)33(3,4)5/h10-14,16-17,22,24-25,30-32,37H,15,18-21,23H2,1-9H3/t24-,25-,30?,31?,32?,34+,35+/m0/s1. The van der Waals surface area contributed by atoms with Gasteiger partial charge in [-0.3, -0.25) is 0 Å². The number of hydrogen-bond acceptors (Lipinski definition) is 3. The van der Waals surface area contributed by atoms with Crippen molar-refractivity contribution in [1.82, 2.24) is 0 Å². The van der Waals surface area contributed by atoms with Crippen molar-refractivity contribution in [3.05, 3.63) is 69.7 Å². The number of aliphatic hydroxyl groups is 1. The average Bonchev–Trinajstić information content (AvgIpc) is 2.86. The van der Waals surface area contributed by atoms with Crippen molar-refractivity contribution in [2.45, 2.75) is 122 Å². The molecule has 0 spiro atoms. The minimum atomic E-state index is -1.97. The Morgan fingerprint density at radius 2 is 1.73 bits per heavy atom. The molecule has 2 aromatic carbocycles. The van der Waals surface area contributed by atoms with Crippen LogP contribution < -0.4 is 0 Å². The molecule has 0 amide bonds. The molecule has 222 valence electrons. The van der Waals surface area contributed by atoms with Gasteiger partial charge in [-0.25, -0.2) is 0 Å². The second kappa shape index (κ2) is 12.0. The van der Waals surface area contributed by atoms with Crippen molar-refractivity contribution < 1.29 is 14.3 Å². The quantitative estimate of drug-likeness (QED) is 0.281. The van der Waals surface area contributed by atoms with Crippen LogP contribution in [0.15, 0.2) is 53.0 Å². The van der Waals surface area contributed by atoms with Gasteiger partial charge in [0.25, 0.3) is 0 Å². The van der Waals surface area contributed by atoms with E-state index in [0.29, 0.717) is 18.3 Å². The molecular formula is C35H53BrO3Si. The first-order valence-electron chi connectivity index (χ1n) is 15.4. The Morgan fingerprint density at radius 3 is 2.35 bits per heavy atom. The summed E-state index contributed by atoms with van der Waals surface area (Å²) < 4.78 is 15.3. The molecule has 3 nitrogen and oxygen atoms in total. The summed E-state index contributed by atoms with van der Waals surface area (Å²) in [6, 6.07) is 17.8. The smallest absolute Gasteiger partial charge is 0.192 e. The predicted octanol–water partition coefficient (Wildman–Crippen LogP) is 9.62. The lowest BCUT2D eigenvalue weighted by molar-refractivity contribution is -0.142. The second-order valence-electron chi connectivity index (χ2n) is 14.9. The Labute approximate surface area is 253 Å². The van der Waals surface area contributed by atoms with Gasteiger partial charge in [-0.05, 0) is 116 Å². The predicted molar refractivity (Wildman–Crippen MR) is 173 cm³/mol. The topological polar surface area (TPSA) is 38.7 Å². The third-order valence-electron chi connectivity index (χ3n) is 10.9. The van der Waals surface area contributed by atoms with Gasteiger partial charge >= 0.3 is 0 Å². The largest absolute Gasteiger partial charge is 0.416 e. The Bertz CT molecular complexity index is 1140. The lowest BCUT2D eigenvalue weighted by Crippen LogP contribution is -2.58. The van der Waals surface area contributed by atoms with Crippen LogP contribution in [0.2, 0.25) is 18.1 Å². The van der Waals surface area contributed by atoms with Crippen molar-refractivity contribution in [3.8, 4) is 0 Å². The average molecular weight is 630 g/mol. The Morgan fingerprint density at radius 1 is 1.05 bits per heavy atom. The molecular weight excluding hydrogens is 576 g/mol. The zero-order valence-corrected chi connectivity index (χ0v) is 29.0. The Balaban J connectivity index is 1.80. The zero-order chi connectivity index (χ0) is 29.5. The van der Waals surface area contributed by atoms with Crippen molar-refractivity contribution in [2.24, 2.45) is 17.3 Å². The number of fused-ring (bicyclic) bond motifs is 3. The summed E-state index contributed by atoms with van der Waals surface area (Å²) in [4.78, 5) is 0. The van der Waals surface area contributed by atoms with Crippen molar-refractivity contribution >= 4 is 24.2 Å². The van der Waals surface area contributed by atoms with Gasteiger partial charge in [0.15, 0.2) is 8.32 Å². The van der Waals surface area contributed by atoms with Gasteiger partial charge in [0, 0.05) is 11.1 Å². The molecule has 0 radical (unpaired) electrons. The molecule has 0 bridgehead atoms. The number of hydrogen-bond donors (Lipinski definition) is 1. The van der Waals surface area contributed by atoms with Gasteiger partial charge in [0.2, 0.25) is 0 Å². The van der Waals surface area contributed by atoms with Crippen LogP contribution in [0.5, 0.6) is 0 Å². The first-order valence-corrected chi connectivity index (χ1v) is 19.1. The van der Waals surface area contributed by atoms with Crippen LogP contribution in [0.1, 0.15) is 96.9 Å². The van der Waals surface area contributed by atoms with E-state index in [1.807, 2.05) is 6.92 Å². The van der Waals surface area contributed by atoms with E-state index in [4.69, 9.17) is 9.16 Å². The molecule has 40 heavy (non-hydrogen) atoms. The minimum absolute atomic E-state index is 0.0338. The lowest BCUT2D eigenvalue weighted by atomic mass is 9.46. The van der Waals surface area contributed by atoms with Crippen LogP contribution in [0, 0.1) is 17.3 Å². The molecule has 3 unspecified atom stereocenters. The molecule has 2 aliphatic carbocycles. The second-order valence-corrected chi connectivity index (χ2v) is 20.6. The number of benzene rings is 2. The van der Waals surface area contributed by atoms with Gasteiger partial charge < -0.3 is 14.3 Å². The van der Waals surface area contributed by atoms with Gasteiger partial charge in [-0.15, -0.1) is 0 Å². The van der Waals surface area contributed by atoms with E-state index in [0.717, 1.165) is 25.9 Å². The zero-order valence-electron chi connectivity index (χ0n) is 26.4. The number of rotatable bonds is 9. The summed E-state index contributed by atoms with van der Waals surface area (Å²) in [5, 5.41) is 10.3. The summed E-state index contributed by atoms with van der Waals surface area (Å²) in [6.45, 7) is 21.6. The molecule has 2 aliphatic rings. The van der Waals surface area contributed by atoms with Crippen LogP contribution in [-0.2, 0) is 21.0 Å². The van der Waals surface area contributed by atoms with Crippen LogP contribution in [0.25, 0.3) is 0 Å². The van der Waals surface area contributed by atoms with Crippen LogP contribution in [0.4, 0.5) is 0 Å². The lowest BCUT2D eigenvalue weighted by Gasteiger charge is -2.60. The molecule has 1 saturated carbocycles. The Kier molecular flexibility index (Phi) is 9.54. The molecule has 0 aromatic heterocycles. The molecule has 5 heteroatoms. The van der Waals surface area contributed by atoms with E-state index in [-0.39, 0.29) is 34.2 Å². The Hall–Kier alpha value is -0.983. The van der Waals surface area contributed by atoms with Crippen LogP contribution >= 0.6 is 15.9 Å². The van der Waals surface area contributed by atoms with Gasteiger partial charge in [-0.2, -0.15) is 0 Å². The first kappa shape index (κ1) is 31.9. The molecule has 0 saturated heterocycles. The maximum absolute atomic E-state index is 10.2. The third-order valence-corrected chi connectivity index (χ3v) is 15.8. The van der Waals surface area contributed by atoms with E-state index in [9.17, 15) is 5.11 Å². The summed E-state index contributed by atoms with van der Waals surface area (Å²) in [5.74, 6) is 0.797. The fourth-order valence-electron chi connectivity index (χ4n) is 7.63. The van der Waals surface area contributed by atoms with Gasteiger partial charge in [-0.1, -0.05) is 86.9 Å². The summed E-state index contributed by atoms with van der Waals surface area (Å²) in [5.41, 5.74) is 4.30. The van der Waals surface area contributed by atoms with Crippen LogP contribution in [0.3, 0.4) is 0 Å². The molecule has 0 heterocycles. The van der Waals surface area contributed by atoms with E-state index >= 15 is 0 Å². The normalized spacial score (nSPS) is 29.3. The summed E-state index contributed by atoms with van der Waals surface area (Å²) >= 11 is 3.73. The molecule has 0 aliphatic heterocycles. The maximum Gasteiger partial charge on any atom is 0.192 e. The maximum atomic E-state index is 10.2. The van der Waals surface area contributed by atoms with E-state index in [1.165, 1.54) is 27.6 Å². The molecule has 1 fully saturated rings. The minimum Gasteiger partial charge on any atom is -0.416 e. The third kappa shape index (κ3) is 6.34. The highest BCUT2D eigenvalue weighted by Gasteiger charge is 2.58. The summed E-state index contributed by atoms with van der Waals surface area (Å²) in [7, 11) is -1.97. The summed E-state index contributed by atoms with van der Waals surface area (Å²) in [6.07, 6.45) is 4.67. The number of aliphatic hydroxyl groups excluding tert-OH is 1. The molecule has 1 N–H and O–H groups in total.